The SMILES string of the molecule is C1=C(c2ccc(C3=NCCCN3)cc2)NCCC1.Cc1ccc(S(=O)(=O)CC(=O)O)cc1. The molecule has 0 amide bonds. The number of nitrogens with one attached hydrogen (secondary N) is 2. The van der Waals surface area contributed by atoms with Crippen molar-refractivity contribution in [1.82, 2.24) is 10.6 Å². The first-order valence-corrected chi connectivity index (χ1v) is 12.3. The Balaban J connectivity index is 0.000000188. The van der Waals surface area contributed by atoms with Crippen LogP contribution >= 0.6 is 0 Å². The maximum absolute atomic E-state index is 11.4. The zero-order valence-corrected chi connectivity index (χ0v) is 19.0. The van der Waals surface area contributed by atoms with Gasteiger partial charge in [-0.2, -0.15) is 0 Å². The highest BCUT2D eigenvalue weighted by Crippen LogP contribution is 2.17. The molecule has 2 aliphatic heterocycles. The van der Waals surface area contributed by atoms with E-state index in [1.54, 1.807) is 12.1 Å². The minimum atomic E-state index is -3.68. The van der Waals surface area contributed by atoms with Crippen molar-refractivity contribution in [2.24, 2.45) is 4.99 Å². The third-order valence-corrected chi connectivity index (χ3v) is 6.72. The molecule has 0 aromatic heterocycles. The molecule has 0 fully saturated rings. The molecule has 2 heterocycles. The van der Waals surface area contributed by atoms with Gasteiger partial charge in [-0.05, 0) is 43.9 Å². The summed E-state index contributed by atoms with van der Waals surface area (Å²) < 4.78 is 22.7. The molecule has 0 atom stereocenters. The molecule has 7 nitrogen and oxygen atoms in total. The van der Waals surface area contributed by atoms with Crippen LogP contribution in [0, 0.1) is 6.92 Å². The second-order valence-electron chi connectivity index (χ2n) is 7.74. The second kappa shape index (κ2) is 10.9. The first kappa shape index (κ1) is 23.5. The molecule has 0 unspecified atom stereocenters. The van der Waals surface area contributed by atoms with E-state index in [0.29, 0.717) is 0 Å². The number of allylic oxidation sites excluding steroid dienone is 1. The van der Waals surface area contributed by atoms with E-state index in [2.05, 4.69) is 46.0 Å². The summed E-state index contributed by atoms with van der Waals surface area (Å²) in [5.41, 5.74) is 4.66. The first-order valence-electron chi connectivity index (χ1n) is 10.7. The number of aliphatic carboxylic acids is 1. The fourth-order valence-corrected chi connectivity index (χ4v) is 4.43. The maximum Gasteiger partial charge on any atom is 0.319 e. The van der Waals surface area contributed by atoms with E-state index in [1.165, 1.54) is 41.8 Å². The van der Waals surface area contributed by atoms with Gasteiger partial charge < -0.3 is 15.7 Å². The van der Waals surface area contributed by atoms with Gasteiger partial charge in [-0.15, -0.1) is 0 Å². The minimum Gasteiger partial charge on any atom is -0.480 e. The predicted octanol–water partition coefficient (Wildman–Crippen LogP) is 3.00. The lowest BCUT2D eigenvalue weighted by Crippen LogP contribution is -2.30. The Labute approximate surface area is 189 Å². The van der Waals surface area contributed by atoms with E-state index in [0.717, 1.165) is 37.5 Å². The quantitative estimate of drug-likeness (QED) is 0.640. The molecule has 32 heavy (non-hydrogen) atoms. The Kier molecular flexibility index (Phi) is 8.05. The average Bonchev–Trinajstić information content (AvgIpc) is 2.80. The van der Waals surface area contributed by atoms with Crippen molar-refractivity contribution < 1.29 is 18.3 Å². The van der Waals surface area contributed by atoms with Crippen molar-refractivity contribution in [2.75, 3.05) is 25.4 Å². The van der Waals surface area contributed by atoms with E-state index in [-0.39, 0.29) is 4.90 Å². The van der Waals surface area contributed by atoms with Gasteiger partial charge in [0.05, 0.1) is 4.90 Å². The van der Waals surface area contributed by atoms with Crippen LogP contribution in [0.3, 0.4) is 0 Å². The number of hydrogen-bond acceptors (Lipinski definition) is 6. The highest BCUT2D eigenvalue weighted by Gasteiger charge is 2.18. The molecule has 0 bridgehead atoms. The molecular weight excluding hydrogens is 426 g/mol. The Morgan fingerprint density at radius 3 is 2.19 bits per heavy atom. The number of rotatable bonds is 5. The van der Waals surface area contributed by atoms with Crippen LogP contribution in [0.5, 0.6) is 0 Å². The van der Waals surface area contributed by atoms with E-state index >= 15 is 0 Å². The number of amidine groups is 1. The molecule has 0 radical (unpaired) electrons. The van der Waals surface area contributed by atoms with Crippen LogP contribution in [0.25, 0.3) is 5.70 Å². The number of aliphatic imine (C=N–C) groups is 1. The summed E-state index contributed by atoms with van der Waals surface area (Å²) in [6.45, 7) is 4.89. The van der Waals surface area contributed by atoms with Gasteiger partial charge >= 0.3 is 5.97 Å². The van der Waals surface area contributed by atoms with E-state index in [1.807, 2.05) is 6.92 Å². The smallest absolute Gasteiger partial charge is 0.319 e. The second-order valence-corrected chi connectivity index (χ2v) is 9.73. The van der Waals surface area contributed by atoms with Crippen LogP contribution in [0.15, 0.2) is 64.5 Å². The van der Waals surface area contributed by atoms with Crippen molar-refractivity contribution in [3.05, 3.63) is 71.3 Å². The van der Waals surface area contributed by atoms with Gasteiger partial charge in [0, 0.05) is 30.9 Å². The Morgan fingerprint density at radius 1 is 0.969 bits per heavy atom. The summed E-state index contributed by atoms with van der Waals surface area (Å²) in [5.74, 6) is -1.17. The highest BCUT2D eigenvalue weighted by atomic mass is 32.2. The van der Waals surface area contributed by atoms with E-state index in [4.69, 9.17) is 5.11 Å². The Bertz CT molecular complexity index is 1040. The summed E-state index contributed by atoms with van der Waals surface area (Å²) in [6.07, 6.45) is 5.84. The molecule has 0 aliphatic carbocycles. The largest absolute Gasteiger partial charge is 0.480 e. The number of carboxylic acids is 1. The number of hydrogen-bond donors (Lipinski definition) is 3. The highest BCUT2D eigenvalue weighted by molar-refractivity contribution is 7.92. The van der Waals surface area contributed by atoms with Crippen LogP contribution in [0.1, 0.15) is 36.0 Å². The summed E-state index contributed by atoms with van der Waals surface area (Å²) in [7, 11) is -3.68. The molecule has 3 N–H and O–H groups in total. The van der Waals surface area contributed by atoms with Crippen LogP contribution in [-0.4, -0.2) is 50.7 Å². The third kappa shape index (κ3) is 6.68. The van der Waals surface area contributed by atoms with Crippen molar-refractivity contribution >= 4 is 27.3 Å². The van der Waals surface area contributed by atoms with Gasteiger partial charge in [0.15, 0.2) is 15.6 Å². The lowest BCUT2D eigenvalue weighted by atomic mass is 10.0. The number of carbonyl (C=O) groups is 1. The molecule has 2 aromatic rings. The van der Waals surface area contributed by atoms with Crippen molar-refractivity contribution in [1.29, 1.82) is 0 Å². The van der Waals surface area contributed by atoms with Crippen LogP contribution in [0.4, 0.5) is 0 Å². The molecule has 0 saturated carbocycles. The molecular formula is C24H29N3O4S. The monoisotopic (exact) mass is 455 g/mol. The average molecular weight is 456 g/mol. The van der Waals surface area contributed by atoms with Gasteiger partial charge in [0.25, 0.3) is 0 Å². The Hall–Kier alpha value is -3.13. The van der Waals surface area contributed by atoms with Crippen LogP contribution < -0.4 is 10.6 Å². The molecule has 170 valence electrons. The molecule has 2 aliphatic rings. The lowest BCUT2D eigenvalue weighted by Gasteiger charge is -2.17. The predicted molar refractivity (Wildman–Crippen MR) is 127 cm³/mol. The van der Waals surface area contributed by atoms with Crippen LogP contribution in [-0.2, 0) is 14.6 Å². The normalized spacial score (nSPS) is 15.8. The summed E-state index contributed by atoms with van der Waals surface area (Å²) in [5, 5.41) is 15.2. The molecule has 2 aromatic carbocycles. The van der Waals surface area contributed by atoms with Gasteiger partial charge in [-0.3, -0.25) is 9.79 Å². The zero-order valence-electron chi connectivity index (χ0n) is 18.2. The molecule has 8 heteroatoms. The van der Waals surface area contributed by atoms with Gasteiger partial charge in [-0.25, -0.2) is 8.42 Å². The number of nitrogens with zero attached hydrogens (tertiary/aromatic N) is 1. The van der Waals surface area contributed by atoms with Gasteiger partial charge in [0.1, 0.15) is 5.84 Å². The van der Waals surface area contributed by atoms with Crippen molar-refractivity contribution in [3.8, 4) is 0 Å². The number of aryl methyl sites for hydroxylation is 1. The number of benzene rings is 2. The van der Waals surface area contributed by atoms with E-state index < -0.39 is 21.6 Å². The fraction of sp³-hybridized carbons (Fsp3) is 0.333. The van der Waals surface area contributed by atoms with Crippen molar-refractivity contribution in [2.45, 2.75) is 31.1 Å². The van der Waals surface area contributed by atoms with Crippen LogP contribution in [0.2, 0.25) is 0 Å². The zero-order chi connectivity index (χ0) is 23.0. The number of carboxylic acid groups (broad SMARTS) is 1. The summed E-state index contributed by atoms with van der Waals surface area (Å²) in [6, 6.07) is 14.8. The van der Waals surface area contributed by atoms with E-state index in [9.17, 15) is 13.2 Å². The topological polar surface area (TPSA) is 108 Å². The molecule has 4 rings (SSSR count). The third-order valence-electron chi connectivity index (χ3n) is 5.11. The van der Waals surface area contributed by atoms with Gasteiger partial charge in [0.2, 0.25) is 0 Å². The molecule has 0 spiro atoms. The lowest BCUT2D eigenvalue weighted by molar-refractivity contribution is -0.134. The summed E-state index contributed by atoms with van der Waals surface area (Å²) in [4.78, 5) is 14.8. The van der Waals surface area contributed by atoms with Gasteiger partial charge in [-0.1, -0.05) is 48.0 Å². The fourth-order valence-electron chi connectivity index (χ4n) is 3.39. The molecule has 0 saturated heterocycles. The Morgan fingerprint density at radius 2 is 1.62 bits per heavy atom. The standard InChI is InChI=1S/C15H19N3.C9H10O4S/c1-2-9-16-14(4-1)12-5-7-13(8-6-12)15-17-10-3-11-18-15;1-7-2-4-8(5-3-7)14(12,13)6-9(10)11/h4-8,16H,1-3,9-11H2,(H,17,18);2-5H,6H2,1H3,(H,10,11). The summed E-state index contributed by atoms with van der Waals surface area (Å²) >= 11 is 0. The first-order chi connectivity index (χ1) is 15.3. The maximum atomic E-state index is 11.4. The minimum absolute atomic E-state index is 0.0468. The van der Waals surface area contributed by atoms with Crippen molar-refractivity contribution in [3.63, 3.8) is 0 Å². The number of sulfone groups is 1.